The van der Waals surface area contributed by atoms with Gasteiger partial charge in [0.2, 0.25) is 0 Å². The van der Waals surface area contributed by atoms with E-state index in [0.717, 1.165) is 5.92 Å². The van der Waals surface area contributed by atoms with Crippen molar-refractivity contribution in [3.63, 3.8) is 0 Å². The molecule has 2 rings (SSSR count). The minimum atomic E-state index is 0.490. The van der Waals surface area contributed by atoms with E-state index in [1.54, 1.807) is 0 Å². The first-order chi connectivity index (χ1) is 9.66. The minimum absolute atomic E-state index is 0.490. The zero-order valence-electron chi connectivity index (χ0n) is 15.8. The van der Waals surface area contributed by atoms with Gasteiger partial charge in [-0.1, -0.05) is 73.6 Å². The minimum Gasteiger partial charge on any atom is -0.303 e. The van der Waals surface area contributed by atoms with E-state index < -0.39 is 0 Å². The Balaban J connectivity index is 0.000000211. The van der Waals surface area contributed by atoms with Crippen LogP contribution in [0.25, 0.3) is 0 Å². The summed E-state index contributed by atoms with van der Waals surface area (Å²) in [5.41, 5.74) is 1.05. The highest BCUT2D eigenvalue weighted by Crippen LogP contribution is 2.33. The maximum Gasteiger partial charge on any atom is 0.00300 e. The molecule has 1 heteroatoms. The Kier molecular flexibility index (Phi) is 7.74. The Morgan fingerprint density at radius 1 is 0.714 bits per heavy atom. The molecule has 1 heterocycles. The smallest absolute Gasteiger partial charge is 0.00300 e. The van der Waals surface area contributed by atoms with Crippen molar-refractivity contribution in [3.05, 3.63) is 0 Å². The first-order valence-electron chi connectivity index (χ1n) is 9.38. The molecule has 1 saturated carbocycles. The highest BCUT2D eigenvalue weighted by atomic mass is 15.1. The van der Waals surface area contributed by atoms with Gasteiger partial charge in [0.1, 0.15) is 0 Å². The molecule has 0 bridgehead atoms. The summed E-state index contributed by atoms with van der Waals surface area (Å²) < 4.78 is 0. The van der Waals surface area contributed by atoms with Gasteiger partial charge < -0.3 is 4.90 Å². The van der Waals surface area contributed by atoms with E-state index in [-0.39, 0.29) is 0 Å². The maximum absolute atomic E-state index is 2.57. The van der Waals surface area contributed by atoms with E-state index in [4.69, 9.17) is 0 Å². The Morgan fingerprint density at radius 3 is 1.67 bits per heavy atom. The molecule has 126 valence electrons. The van der Waals surface area contributed by atoms with E-state index in [0.29, 0.717) is 10.8 Å². The fourth-order valence-electron chi connectivity index (χ4n) is 3.87. The normalized spacial score (nSPS) is 22.0. The Morgan fingerprint density at radius 2 is 1.24 bits per heavy atom. The van der Waals surface area contributed by atoms with Crippen molar-refractivity contribution in [1.29, 1.82) is 0 Å². The van der Waals surface area contributed by atoms with Gasteiger partial charge in [-0.15, -0.1) is 0 Å². The number of nitrogens with zero attached hydrogens (tertiary/aromatic N) is 1. The van der Waals surface area contributed by atoms with E-state index in [9.17, 15) is 0 Å². The lowest BCUT2D eigenvalue weighted by Crippen LogP contribution is -2.29. The summed E-state index contributed by atoms with van der Waals surface area (Å²) in [6, 6.07) is 0. The second kappa shape index (κ2) is 8.56. The zero-order valence-corrected chi connectivity index (χ0v) is 15.8. The summed E-state index contributed by atoms with van der Waals surface area (Å²) in [6.45, 7) is 18.0. The number of hydrogen-bond acceptors (Lipinski definition) is 1. The van der Waals surface area contributed by atoms with Crippen molar-refractivity contribution in [3.8, 4) is 0 Å². The van der Waals surface area contributed by atoms with Crippen LogP contribution < -0.4 is 0 Å². The molecule has 0 N–H and O–H groups in total. The van der Waals surface area contributed by atoms with Crippen LogP contribution in [0.3, 0.4) is 0 Å². The molecule has 0 aromatic carbocycles. The van der Waals surface area contributed by atoms with Gasteiger partial charge in [0, 0.05) is 6.54 Å². The summed E-state index contributed by atoms with van der Waals surface area (Å²) in [4.78, 5) is 2.57. The number of likely N-dealkylation sites (tertiary alicyclic amines) is 1. The van der Waals surface area contributed by atoms with E-state index >= 15 is 0 Å². The van der Waals surface area contributed by atoms with Crippen LogP contribution >= 0.6 is 0 Å². The molecule has 1 nitrogen and oxygen atoms in total. The predicted octanol–water partition coefficient (Wildman–Crippen LogP) is 6.13. The van der Waals surface area contributed by atoms with Crippen LogP contribution in [0.1, 0.15) is 92.9 Å². The lowest BCUT2D eigenvalue weighted by molar-refractivity contribution is 0.227. The Hall–Kier alpha value is -0.0400. The summed E-state index contributed by atoms with van der Waals surface area (Å²) in [6.07, 6.45) is 11.7. The standard InChI is InChI=1S/C11H22.C9H19N/c1-11(2,3)9-10-7-5-4-6-8-10;1-9(2,3)8-10-6-4-5-7-10/h10H,4-9H2,1-3H3;4-8H2,1-3H3. The van der Waals surface area contributed by atoms with Crippen molar-refractivity contribution in [2.24, 2.45) is 16.7 Å². The third-order valence-corrected chi connectivity index (χ3v) is 4.52. The summed E-state index contributed by atoms with van der Waals surface area (Å²) >= 11 is 0. The van der Waals surface area contributed by atoms with Crippen LogP contribution in [0, 0.1) is 16.7 Å². The van der Waals surface area contributed by atoms with Gasteiger partial charge in [0.05, 0.1) is 0 Å². The molecule has 2 fully saturated rings. The first-order valence-corrected chi connectivity index (χ1v) is 9.38. The predicted molar refractivity (Wildman–Crippen MR) is 95.8 cm³/mol. The van der Waals surface area contributed by atoms with Crippen molar-refractivity contribution in [2.45, 2.75) is 92.9 Å². The van der Waals surface area contributed by atoms with Gasteiger partial charge in [-0.3, -0.25) is 0 Å². The molecule has 21 heavy (non-hydrogen) atoms. The molecule has 0 radical (unpaired) electrons. The molecule has 0 spiro atoms. The molecule has 1 aliphatic carbocycles. The van der Waals surface area contributed by atoms with Crippen molar-refractivity contribution in [2.75, 3.05) is 19.6 Å². The van der Waals surface area contributed by atoms with Gasteiger partial charge in [0.25, 0.3) is 0 Å². The Labute approximate surface area is 134 Å². The highest BCUT2D eigenvalue weighted by Gasteiger charge is 2.20. The number of rotatable bonds is 2. The lowest BCUT2D eigenvalue weighted by atomic mass is 9.78. The van der Waals surface area contributed by atoms with Crippen molar-refractivity contribution >= 4 is 0 Å². The Bertz CT molecular complexity index is 257. The van der Waals surface area contributed by atoms with Crippen LogP contribution in [-0.2, 0) is 0 Å². The zero-order chi connectivity index (χ0) is 15.9. The fourth-order valence-corrected chi connectivity index (χ4v) is 3.87. The van der Waals surface area contributed by atoms with E-state index in [1.807, 2.05) is 0 Å². The fraction of sp³-hybridized carbons (Fsp3) is 1.00. The van der Waals surface area contributed by atoms with Crippen LogP contribution in [0.2, 0.25) is 0 Å². The summed E-state index contributed by atoms with van der Waals surface area (Å²) in [5.74, 6) is 1.05. The lowest BCUT2D eigenvalue weighted by Gasteiger charge is -2.28. The number of hydrogen-bond donors (Lipinski definition) is 0. The second-order valence-corrected chi connectivity index (χ2v) is 9.81. The average Bonchev–Trinajstić information content (AvgIpc) is 2.79. The average molecular weight is 296 g/mol. The third kappa shape index (κ3) is 10.3. The second-order valence-electron chi connectivity index (χ2n) is 9.81. The molecule has 0 unspecified atom stereocenters. The first kappa shape index (κ1) is 19.0. The maximum atomic E-state index is 2.57. The van der Waals surface area contributed by atoms with Gasteiger partial charge >= 0.3 is 0 Å². The van der Waals surface area contributed by atoms with Gasteiger partial charge in [0.15, 0.2) is 0 Å². The van der Waals surface area contributed by atoms with Gasteiger partial charge in [-0.05, 0) is 49.1 Å². The van der Waals surface area contributed by atoms with E-state index in [2.05, 4.69) is 46.4 Å². The molecule has 1 aliphatic heterocycles. The molecule has 0 aromatic rings. The van der Waals surface area contributed by atoms with Crippen LogP contribution in [0.4, 0.5) is 0 Å². The molecule has 0 amide bonds. The quantitative estimate of drug-likeness (QED) is 0.592. The van der Waals surface area contributed by atoms with Crippen LogP contribution in [0.15, 0.2) is 0 Å². The third-order valence-electron chi connectivity index (χ3n) is 4.52. The highest BCUT2D eigenvalue weighted by molar-refractivity contribution is 4.73. The molecule has 0 aromatic heterocycles. The van der Waals surface area contributed by atoms with Crippen LogP contribution in [-0.4, -0.2) is 24.5 Å². The van der Waals surface area contributed by atoms with E-state index in [1.165, 1.54) is 71.0 Å². The molecule has 0 atom stereocenters. The SMILES string of the molecule is CC(C)(C)CC1CCCCC1.CC(C)(C)CN1CCCC1. The monoisotopic (exact) mass is 295 g/mol. The summed E-state index contributed by atoms with van der Waals surface area (Å²) in [5, 5.41) is 0. The molecular weight excluding hydrogens is 254 g/mol. The topological polar surface area (TPSA) is 3.24 Å². The van der Waals surface area contributed by atoms with Crippen LogP contribution in [0.5, 0.6) is 0 Å². The van der Waals surface area contributed by atoms with Crippen molar-refractivity contribution in [1.82, 2.24) is 4.90 Å². The molecule has 2 aliphatic rings. The van der Waals surface area contributed by atoms with Crippen molar-refractivity contribution < 1.29 is 0 Å². The van der Waals surface area contributed by atoms with Gasteiger partial charge in [-0.25, -0.2) is 0 Å². The van der Waals surface area contributed by atoms with Gasteiger partial charge in [-0.2, -0.15) is 0 Å². The summed E-state index contributed by atoms with van der Waals surface area (Å²) in [7, 11) is 0. The molecule has 1 saturated heterocycles. The molecular formula is C20H41N. The largest absolute Gasteiger partial charge is 0.303 e.